The molecule has 158 valence electrons. The zero-order valence-corrected chi connectivity index (χ0v) is 18.1. The number of nitrogens with zero attached hydrogens (tertiary/aromatic N) is 2. The van der Waals surface area contributed by atoms with Gasteiger partial charge in [0.25, 0.3) is 5.91 Å². The number of carbonyl (C=O) groups is 2. The third-order valence-corrected chi connectivity index (χ3v) is 5.45. The molecule has 0 saturated carbocycles. The molecule has 1 aromatic heterocycles. The number of anilines is 1. The van der Waals surface area contributed by atoms with Crippen molar-refractivity contribution in [3.63, 3.8) is 0 Å². The fourth-order valence-corrected chi connectivity index (χ4v) is 3.75. The molecule has 0 bridgehead atoms. The summed E-state index contributed by atoms with van der Waals surface area (Å²) in [5.41, 5.74) is 2.01. The molecule has 4 rings (SSSR count). The van der Waals surface area contributed by atoms with Crippen molar-refractivity contribution in [2.24, 2.45) is 5.41 Å². The molecule has 2 heterocycles. The van der Waals surface area contributed by atoms with Gasteiger partial charge in [-0.3, -0.25) is 14.5 Å². The number of aromatic nitrogens is 1. The average molecular weight is 437 g/mol. The number of benzene rings is 2. The number of Topliss-reactive ketones (excluding diaryl/α,β-unsaturated/α-hetero) is 1. The second-order valence-electron chi connectivity index (χ2n) is 8.40. The van der Waals surface area contributed by atoms with Crippen LogP contribution in [-0.2, 0) is 9.59 Å². The smallest absolute Gasteiger partial charge is 0.294 e. The largest absolute Gasteiger partial charge is 0.503 e. The van der Waals surface area contributed by atoms with Crippen molar-refractivity contribution in [3.05, 3.63) is 82.8 Å². The van der Waals surface area contributed by atoms with Gasteiger partial charge in [-0.2, -0.15) is 0 Å². The number of amides is 1. The van der Waals surface area contributed by atoms with E-state index in [2.05, 4.69) is 5.16 Å². The molecule has 0 fully saturated rings. The molecule has 0 saturated heterocycles. The van der Waals surface area contributed by atoms with Gasteiger partial charge < -0.3 is 9.63 Å². The minimum atomic E-state index is -0.777. The summed E-state index contributed by atoms with van der Waals surface area (Å²) in [6.45, 7) is 5.27. The molecule has 6 nitrogen and oxygen atoms in total. The van der Waals surface area contributed by atoms with Gasteiger partial charge in [0.15, 0.2) is 11.5 Å². The summed E-state index contributed by atoms with van der Waals surface area (Å²) >= 11 is 6.04. The highest BCUT2D eigenvalue weighted by molar-refractivity contribution is 6.30. The number of halogens is 1. The van der Waals surface area contributed by atoms with E-state index in [0.717, 1.165) is 5.56 Å². The number of aliphatic hydroxyl groups excluding tert-OH is 1. The molecule has 0 spiro atoms. The van der Waals surface area contributed by atoms with Crippen LogP contribution >= 0.6 is 11.6 Å². The van der Waals surface area contributed by atoms with Crippen molar-refractivity contribution < 1.29 is 19.2 Å². The Labute approximate surface area is 184 Å². The highest BCUT2D eigenvalue weighted by Gasteiger charge is 2.46. The maximum Gasteiger partial charge on any atom is 0.294 e. The minimum absolute atomic E-state index is 0.0837. The molecule has 1 unspecified atom stereocenters. The van der Waals surface area contributed by atoms with Crippen molar-refractivity contribution in [1.29, 1.82) is 0 Å². The summed E-state index contributed by atoms with van der Waals surface area (Å²) in [5.74, 6) is -1.44. The summed E-state index contributed by atoms with van der Waals surface area (Å²) in [4.78, 5) is 27.8. The lowest BCUT2D eigenvalue weighted by Gasteiger charge is -2.29. The predicted octanol–water partition coefficient (Wildman–Crippen LogP) is 5.51. The molecule has 7 heteroatoms. The van der Waals surface area contributed by atoms with E-state index in [4.69, 9.17) is 16.1 Å². The Balaban J connectivity index is 1.82. The zero-order chi connectivity index (χ0) is 22.3. The monoisotopic (exact) mass is 436 g/mol. The third kappa shape index (κ3) is 3.75. The van der Waals surface area contributed by atoms with E-state index in [1.807, 2.05) is 0 Å². The van der Waals surface area contributed by atoms with Crippen LogP contribution in [0.15, 0.2) is 76.7 Å². The first-order chi connectivity index (χ1) is 14.7. The van der Waals surface area contributed by atoms with Gasteiger partial charge in [0.05, 0.1) is 11.6 Å². The van der Waals surface area contributed by atoms with Crippen LogP contribution < -0.4 is 4.90 Å². The van der Waals surface area contributed by atoms with E-state index in [-0.39, 0.29) is 11.4 Å². The van der Waals surface area contributed by atoms with E-state index >= 15 is 0 Å². The van der Waals surface area contributed by atoms with E-state index in [1.54, 1.807) is 75.4 Å². The lowest BCUT2D eigenvalue weighted by molar-refractivity contribution is -0.123. The molecule has 1 atom stereocenters. The fraction of sp³-hybridized carbons (Fsp3) is 0.208. The van der Waals surface area contributed by atoms with Crippen LogP contribution in [0.2, 0.25) is 5.02 Å². The van der Waals surface area contributed by atoms with Gasteiger partial charge in [0.1, 0.15) is 12.0 Å². The van der Waals surface area contributed by atoms with Crippen molar-refractivity contribution >= 4 is 29.0 Å². The van der Waals surface area contributed by atoms with E-state index in [1.165, 1.54) is 11.2 Å². The van der Waals surface area contributed by atoms with Gasteiger partial charge in [-0.25, -0.2) is 0 Å². The first kappa shape index (κ1) is 20.9. The number of carbonyl (C=O) groups excluding carboxylic acids is 2. The predicted molar refractivity (Wildman–Crippen MR) is 118 cm³/mol. The van der Waals surface area contributed by atoms with E-state index in [0.29, 0.717) is 22.0 Å². The van der Waals surface area contributed by atoms with Crippen molar-refractivity contribution in [2.45, 2.75) is 26.8 Å². The minimum Gasteiger partial charge on any atom is -0.503 e. The second kappa shape index (κ2) is 7.71. The molecule has 3 aromatic rings. The Bertz CT molecular complexity index is 1160. The summed E-state index contributed by atoms with van der Waals surface area (Å²) in [7, 11) is 0. The lowest BCUT2D eigenvalue weighted by Crippen LogP contribution is -2.32. The van der Waals surface area contributed by atoms with Crippen LogP contribution in [0.3, 0.4) is 0 Å². The van der Waals surface area contributed by atoms with Gasteiger partial charge >= 0.3 is 0 Å². The maximum absolute atomic E-state index is 13.2. The Morgan fingerprint density at radius 2 is 1.71 bits per heavy atom. The normalized spacial score (nSPS) is 16.8. The maximum atomic E-state index is 13.2. The second-order valence-corrected chi connectivity index (χ2v) is 8.84. The SMILES string of the molecule is CC(C)(C)C(=O)C1=C(O)C(=O)N(c2ccc(-c3ccon3)cc2)C1c1ccc(Cl)cc1. The summed E-state index contributed by atoms with van der Waals surface area (Å²) < 4.78 is 4.88. The fourth-order valence-electron chi connectivity index (χ4n) is 3.62. The van der Waals surface area contributed by atoms with Crippen LogP contribution in [0.1, 0.15) is 32.4 Å². The Morgan fingerprint density at radius 3 is 2.26 bits per heavy atom. The van der Waals surface area contributed by atoms with Crippen LogP contribution in [0.4, 0.5) is 5.69 Å². The molecular weight excluding hydrogens is 416 g/mol. The third-order valence-electron chi connectivity index (χ3n) is 5.20. The molecule has 1 N–H and O–H groups in total. The quantitative estimate of drug-likeness (QED) is 0.583. The van der Waals surface area contributed by atoms with Crippen LogP contribution in [0.5, 0.6) is 0 Å². The number of rotatable bonds is 4. The Morgan fingerprint density at radius 1 is 1.06 bits per heavy atom. The number of ketones is 1. The number of hydrogen-bond donors (Lipinski definition) is 1. The summed E-state index contributed by atoms with van der Waals surface area (Å²) in [6.07, 6.45) is 1.48. The molecule has 0 radical (unpaired) electrons. The molecule has 1 aliphatic rings. The number of hydrogen-bond acceptors (Lipinski definition) is 5. The molecule has 0 aliphatic carbocycles. The van der Waals surface area contributed by atoms with Gasteiger partial charge in [-0.15, -0.1) is 0 Å². The molecule has 31 heavy (non-hydrogen) atoms. The molecule has 2 aromatic carbocycles. The van der Waals surface area contributed by atoms with E-state index in [9.17, 15) is 14.7 Å². The molecular formula is C24H21ClN2O4. The van der Waals surface area contributed by atoms with E-state index < -0.39 is 23.1 Å². The highest BCUT2D eigenvalue weighted by atomic mass is 35.5. The van der Waals surface area contributed by atoms with Gasteiger partial charge in [-0.05, 0) is 29.8 Å². The Hall–Kier alpha value is -3.38. The van der Waals surface area contributed by atoms with Gasteiger partial charge in [0, 0.05) is 27.8 Å². The summed E-state index contributed by atoms with van der Waals surface area (Å²) in [5, 5.41) is 15.2. The van der Waals surface area contributed by atoms with Gasteiger partial charge in [-0.1, -0.05) is 61.8 Å². The standard InChI is InChI=1S/C24H21ClN2O4/c1-24(2,3)22(29)19-20(15-4-8-16(25)9-5-15)27(23(30)21(19)28)17-10-6-14(7-11-17)18-12-13-31-26-18/h4-13,20,28H,1-3H3. The lowest BCUT2D eigenvalue weighted by atomic mass is 9.82. The average Bonchev–Trinajstić information content (AvgIpc) is 3.35. The van der Waals surface area contributed by atoms with Crippen LogP contribution in [-0.4, -0.2) is 22.0 Å². The topological polar surface area (TPSA) is 83.6 Å². The first-order valence-electron chi connectivity index (χ1n) is 9.76. The molecule has 1 amide bonds. The van der Waals surface area contributed by atoms with Crippen molar-refractivity contribution in [1.82, 2.24) is 5.16 Å². The van der Waals surface area contributed by atoms with Crippen molar-refractivity contribution in [3.8, 4) is 11.3 Å². The Kier molecular flexibility index (Phi) is 5.19. The number of aliphatic hydroxyl groups is 1. The van der Waals surface area contributed by atoms with Crippen LogP contribution in [0, 0.1) is 5.41 Å². The zero-order valence-electron chi connectivity index (χ0n) is 17.3. The van der Waals surface area contributed by atoms with Crippen molar-refractivity contribution in [2.75, 3.05) is 4.90 Å². The molecule has 1 aliphatic heterocycles. The highest BCUT2D eigenvalue weighted by Crippen LogP contribution is 2.43. The van der Waals surface area contributed by atoms with Gasteiger partial charge in [0.2, 0.25) is 0 Å². The van der Waals surface area contributed by atoms with Crippen LogP contribution in [0.25, 0.3) is 11.3 Å². The summed E-state index contributed by atoms with van der Waals surface area (Å²) in [6, 6.07) is 15.0. The first-order valence-corrected chi connectivity index (χ1v) is 10.1.